The van der Waals surface area contributed by atoms with Gasteiger partial charge in [-0.25, -0.2) is 0 Å². The molecule has 22 heavy (non-hydrogen) atoms. The second kappa shape index (κ2) is 6.75. The lowest BCUT2D eigenvalue weighted by molar-refractivity contribution is 0.584. The summed E-state index contributed by atoms with van der Waals surface area (Å²) < 4.78 is 5.75. The standard InChI is InChI=1S/C18H17ClN2O/c1-2-3-6-13-9-11-14(12-10-13)17-20-21-18(22-17)15-7-4-5-8-16(15)19/h4-5,7-12H,2-3,6H2,1H3. The molecule has 0 aliphatic rings. The van der Waals surface area contributed by atoms with Crippen molar-refractivity contribution in [2.24, 2.45) is 0 Å². The topological polar surface area (TPSA) is 38.9 Å². The summed E-state index contributed by atoms with van der Waals surface area (Å²) in [6, 6.07) is 15.7. The number of rotatable bonds is 5. The van der Waals surface area contributed by atoms with Gasteiger partial charge in [-0.15, -0.1) is 10.2 Å². The van der Waals surface area contributed by atoms with Crippen molar-refractivity contribution in [3.8, 4) is 22.9 Å². The zero-order valence-electron chi connectivity index (χ0n) is 12.4. The van der Waals surface area contributed by atoms with Crippen molar-refractivity contribution in [3.63, 3.8) is 0 Å². The van der Waals surface area contributed by atoms with Crippen LogP contribution >= 0.6 is 11.6 Å². The van der Waals surface area contributed by atoms with Crippen molar-refractivity contribution >= 4 is 11.6 Å². The van der Waals surface area contributed by atoms with Crippen molar-refractivity contribution in [1.29, 1.82) is 0 Å². The van der Waals surface area contributed by atoms with Gasteiger partial charge in [-0.3, -0.25) is 0 Å². The van der Waals surface area contributed by atoms with Crippen molar-refractivity contribution < 1.29 is 4.42 Å². The van der Waals surface area contributed by atoms with E-state index in [4.69, 9.17) is 16.0 Å². The first-order chi connectivity index (χ1) is 10.8. The summed E-state index contributed by atoms with van der Waals surface area (Å²) in [7, 11) is 0. The Morgan fingerprint density at radius 1 is 0.955 bits per heavy atom. The first-order valence-corrected chi connectivity index (χ1v) is 7.83. The summed E-state index contributed by atoms with van der Waals surface area (Å²) in [5.41, 5.74) is 3.00. The van der Waals surface area contributed by atoms with Crippen LogP contribution in [0.3, 0.4) is 0 Å². The molecule has 0 bridgehead atoms. The minimum Gasteiger partial charge on any atom is -0.416 e. The van der Waals surface area contributed by atoms with Crippen LogP contribution in [-0.4, -0.2) is 10.2 Å². The lowest BCUT2D eigenvalue weighted by Gasteiger charge is -2.01. The van der Waals surface area contributed by atoms with E-state index < -0.39 is 0 Å². The third kappa shape index (κ3) is 3.20. The van der Waals surface area contributed by atoms with Crippen LogP contribution in [0.5, 0.6) is 0 Å². The number of hydrogen-bond acceptors (Lipinski definition) is 3. The average molecular weight is 313 g/mol. The molecule has 1 heterocycles. The van der Waals surface area contributed by atoms with E-state index in [1.165, 1.54) is 18.4 Å². The van der Waals surface area contributed by atoms with Gasteiger partial charge in [0.2, 0.25) is 11.8 Å². The maximum absolute atomic E-state index is 6.16. The number of nitrogens with zero attached hydrogens (tertiary/aromatic N) is 2. The molecule has 0 spiro atoms. The van der Waals surface area contributed by atoms with Gasteiger partial charge in [0.25, 0.3) is 0 Å². The minimum absolute atomic E-state index is 0.440. The third-order valence-electron chi connectivity index (χ3n) is 3.55. The van der Waals surface area contributed by atoms with Gasteiger partial charge in [-0.05, 0) is 42.7 Å². The van der Waals surface area contributed by atoms with Crippen molar-refractivity contribution in [1.82, 2.24) is 10.2 Å². The molecule has 112 valence electrons. The van der Waals surface area contributed by atoms with E-state index in [-0.39, 0.29) is 0 Å². The molecule has 2 aromatic carbocycles. The van der Waals surface area contributed by atoms with E-state index in [0.29, 0.717) is 16.8 Å². The molecule has 1 aromatic heterocycles. The first kappa shape index (κ1) is 14.8. The van der Waals surface area contributed by atoms with Gasteiger partial charge < -0.3 is 4.42 Å². The smallest absolute Gasteiger partial charge is 0.249 e. The summed E-state index contributed by atoms with van der Waals surface area (Å²) in [6.07, 6.45) is 3.51. The van der Waals surface area contributed by atoms with E-state index in [1.807, 2.05) is 36.4 Å². The molecule has 0 unspecified atom stereocenters. The van der Waals surface area contributed by atoms with E-state index in [9.17, 15) is 0 Å². The SMILES string of the molecule is CCCCc1ccc(-c2nnc(-c3ccccc3Cl)o2)cc1. The van der Waals surface area contributed by atoms with Crippen LogP contribution in [0.15, 0.2) is 52.9 Å². The van der Waals surface area contributed by atoms with Crippen molar-refractivity contribution in [2.45, 2.75) is 26.2 Å². The highest BCUT2D eigenvalue weighted by Crippen LogP contribution is 2.29. The van der Waals surface area contributed by atoms with E-state index in [1.54, 1.807) is 0 Å². The van der Waals surface area contributed by atoms with Crippen molar-refractivity contribution in [2.75, 3.05) is 0 Å². The second-order valence-corrected chi connectivity index (χ2v) is 5.60. The van der Waals surface area contributed by atoms with Gasteiger partial charge in [-0.2, -0.15) is 0 Å². The Labute approximate surface area is 135 Å². The molecular weight excluding hydrogens is 296 g/mol. The normalized spacial score (nSPS) is 10.8. The van der Waals surface area contributed by atoms with E-state index in [2.05, 4.69) is 29.3 Å². The molecule has 0 N–H and O–H groups in total. The van der Waals surface area contributed by atoms with Gasteiger partial charge in [-0.1, -0.05) is 49.2 Å². The van der Waals surface area contributed by atoms with Crippen LogP contribution in [-0.2, 0) is 6.42 Å². The van der Waals surface area contributed by atoms with Gasteiger partial charge in [0.05, 0.1) is 10.6 Å². The highest BCUT2D eigenvalue weighted by Gasteiger charge is 2.12. The first-order valence-electron chi connectivity index (χ1n) is 7.45. The molecular formula is C18H17ClN2O. The van der Waals surface area contributed by atoms with E-state index in [0.717, 1.165) is 17.5 Å². The minimum atomic E-state index is 0.440. The highest BCUT2D eigenvalue weighted by atomic mass is 35.5. The van der Waals surface area contributed by atoms with Gasteiger partial charge in [0.1, 0.15) is 0 Å². The average Bonchev–Trinajstić information content (AvgIpc) is 3.03. The Bertz CT molecular complexity index is 750. The number of unbranched alkanes of at least 4 members (excludes halogenated alkanes) is 1. The number of halogens is 1. The molecule has 0 amide bonds. The Kier molecular flexibility index (Phi) is 4.54. The highest BCUT2D eigenvalue weighted by molar-refractivity contribution is 6.33. The summed E-state index contributed by atoms with van der Waals surface area (Å²) in [4.78, 5) is 0. The summed E-state index contributed by atoms with van der Waals surface area (Å²) in [5.74, 6) is 0.952. The molecule has 3 nitrogen and oxygen atoms in total. The molecule has 0 aliphatic carbocycles. The zero-order valence-corrected chi connectivity index (χ0v) is 13.2. The second-order valence-electron chi connectivity index (χ2n) is 5.19. The maximum atomic E-state index is 6.16. The maximum Gasteiger partial charge on any atom is 0.249 e. The van der Waals surface area contributed by atoms with Crippen LogP contribution in [0.4, 0.5) is 0 Å². The molecule has 0 saturated carbocycles. The zero-order chi connectivity index (χ0) is 15.4. The summed E-state index contributed by atoms with van der Waals surface area (Å²) in [5, 5.41) is 8.82. The van der Waals surface area contributed by atoms with Crippen molar-refractivity contribution in [3.05, 3.63) is 59.1 Å². The van der Waals surface area contributed by atoms with E-state index >= 15 is 0 Å². The van der Waals surface area contributed by atoms with Crippen LogP contribution < -0.4 is 0 Å². The van der Waals surface area contributed by atoms with Crippen LogP contribution in [0.2, 0.25) is 5.02 Å². The fourth-order valence-electron chi connectivity index (χ4n) is 2.28. The Balaban J connectivity index is 1.83. The lowest BCUT2D eigenvalue weighted by Crippen LogP contribution is -1.85. The fraction of sp³-hybridized carbons (Fsp3) is 0.222. The van der Waals surface area contributed by atoms with Gasteiger partial charge in [0.15, 0.2) is 0 Å². The quantitative estimate of drug-likeness (QED) is 0.633. The summed E-state index contributed by atoms with van der Waals surface area (Å²) in [6.45, 7) is 2.20. The molecule has 4 heteroatoms. The lowest BCUT2D eigenvalue weighted by atomic mass is 10.1. The Morgan fingerprint density at radius 2 is 1.68 bits per heavy atom. The molecule has 0 radical (unpaired) electrons. The number of hydrogen-bond donors (Lipinski definition) is 0. The third-order valence-corrected chi connectivity index (χ3v) is 3.88. The molecule has 0 aliphatic heterocycles. The predicted molar refractivity (Wildman–Crippen MR) is 88.8 cm³/mol. The van der Waals surface area contributed by atoms with Crippen LogP contribution in [0.25, 0.3) is 22.9 Å². The predicted octanol–water partition coefficient (Wildman–Crippen LogP) is 5.40. The Hall–Kier alpha value is -2.13. The molecule has 0 fully saturated rings. The van der Waals surface area contributed by atoms with Crippen LogP contribution in [0, 0.1) is 0 Å². The van der Waals surface area contributed by atoms with Gasteiger partial charge >= 0.3 is 0 Å². The van der Waals surface area contributed by atoms with Gasteiger partial charge in [0, 0.05) is 5.56 Å². The monoisotopic (exact) mass is 312 g/mol. The Morgan fingerprint density at radius 3 is 2.41 bits per heavy atom. The molecule has 0 saturated heterocycles. The number of aryl methyl sites for hydroxylation is 1. The molecule has 3 rings (SSSR count). The number of benzene rings is 2. The largest absolute Gasteiger partial charge is 0.416 e. The molecule has 3 aromatic rings. The summed E-state index contributed by atoms with van der Waals surface area (Å²) >= 11 is 6.16. The fourth-order valence-corrected chi connectivity index (χ4v) is 2.49. The molecule has 0 atom stereocenters. The number of aromatic nitrogens is 2. The van der Waals surface area contributed by atoms with Crippen LogP contribution in [0.1, 0.15) is 25.3 Å².